The fourth-order valence-corrected chi connectivity index (χ4v) is 1.71. The van der Waals surface area contributed by atoms with Gasteiger partial charge < -0.3 is 20.3 Å². The maximum Gasteiger partial charge on any atom is 0.490 e. The smallest absolute Gasteiger partial charge is 0.475 e. The Hall–Kier alpha value is -2.38. The average Bonchev–Trinajstić information content (AvgIpc) is 2.88. The van der Waals surface area contributed by atoms with Gasteiger partial charge in [0.05, 0.1) is 13.1 Å². The van der Waals surface area contributed by atoms with Gasteiger partial charge in [0, 0.05) is 13.1 Å². The Labute approximate surface area is 129 Å². The lowest BCUT2D eigenvalue weighted by Gasteiger charge is -2.27. The number of fused-ring (bicyclic) bond motifs is 1. The van der Waals surface area contributed by atoms with E-state index in [1.165, 1.54) is 4.90 Å². The molecule has 0 spiro atoms. The molecule has 2 rings (SSSR count). The second-order valence-corrected chi connectivity index (χ2v) is 4.41. The van der Waals surface area contributed by atoms with E-state index in [4.69, 9.17) is 15.6 Å². The van der Waals surface area contributed by atoms with Crippen molar-refractivity contribution in [3.8, 4) is 0 Å². The first kappa shape index (κ1) is 19.7. The molecular formula is C10H11F6N5O3. The highest BCUT2D eigenvalue weighted by Gasteiger charge is 2.40. The Kier molecular flexibility index (Phi) is 5.75. The first-order valence-corrected chi connectivity index (χ1v) is 6.15. The highest BCUT2D eigenvalue weighted by Crippen LogP contribution is 2.29. The molecule has 1 aliphatic rings. The van der Waals surface area contributed by atoms with Crippen molar-refractivity contribution in [2.24, 2.45) is 5.73 Å². The van der Waals surface area contributed by atoms with Crippen molar-refractivity contribution in [1.82, 2.24) is 19.7 Å². The third kappa shape index (κ3) is 4.81. The molecular weight excluding hydrogens is 352 g/mol. The van der Waals surface area contributed by atoms with E-state index in [0.29, 0.717) is 0 Å². The van der Waals surface area contributed by atoms with Gasteiger partial charge >= 0.3 is 18.3 Å². The number of amides is 1. The van der Waals surface area contributed by atoms with Crippen molar-refractivity contribution in [3.63, 3.8) is 0 Å². The molecule has 0 radical (unpaired) electrons. The molecule has 0 atom stereocenters. The molecule has 8 nitrogen and oxygen atoms in total. The second-order valence-electron chi connectivity index (χ2n) is 4.41. The zero-order chi connectivity index (χ0) is 18.7. The summed E-state index contributed by atoms with van der Waals surface area (Å²) >= 11 is 0. The molecule has 136 valence electrons. The topological polar surface area (TPSA) is 114 Å². The van der Waals surface area contributed by atoms with Gasteiger partial charge in [0.15, 0.2) is 5.82 Å². The van der Waals surface area contributed by atoms with Crippen molar-refractivity contribution < 1.29 is 41.0 Å². The molecule has 0 saturated carbocycles. The summed E-state index contributed by atoms with van der Waals surface area (Å²) in [5.74, 6) is -3.96. The number of hydrogen-bond donors (Lipinski definition) is 2. The molecule has 0 aromatic carbocycles. The Morgan fingerprint density at radius 1 is 1.12 bits per heavy atom. The number of nitrogens with zero attached hydrogens (tertiary/aromatic N) is 4. The van der Waals surface area contributed by atoms with Gasteiger partial charge in [0.25, 0.3) is 0 Å². The normalized spacial score (nSPS) is 14.5. The SMILES string of the molecule is NCC(=O)N1CCn2c(nnc2C(F)(F)F)C1.O=C(O)C(F)(F)F. The van der Waals surface area contributed by atoms with Crippen LogP contribution in [0.2, 0.25) is 0 Å². The first-order valence-electron chi connectivity index (χ1n) is 6.15. The zero-order valence-corrected chi connectivity index (χ0v) is 11.7. The number of halogens is 6. The fraction of sp³-hybridized carbons (Fsp3) is 0.600. The number of nitrogens with two attached hydrogens (primary N) is 1. The van der Waals surface area contributed by atoms with E-state index in [-0.39, 0.29) is 37.9 Å². The monoisotopic (exact) mass is 363 g/mol. The molecule has 2 heterocycles. The van der Waals surface area contributed by atoms with Crippen LogP contribution in [0.4, 0.5) is 26.3 Å². The lowest BCUT2D eigenvalue weighted by atomic mass is 10.3. The number of carboxylic acids is 1. The summed E-state index contributed by atoms with van der Waals surface area (Å²) in [7, 11) is 0. The summed E-state index contributed by atoms with van der Waals surface area (Å²) in [5, 5.41) is 13.7. The van der Waals surface area contributed by atoms with E-state index >= 15 is 0 Å². The van der Waals surface area contributed by atoms with E-state index in [1.54, 1.807) is 0 Å². The third-order valence-electron chi connectivity index (χ3n) is 2.78. The molecule has 14 heteroatoms. The van der Waals surface area contributed by atoms with E-state index in [0.717, 1.165) is 4.57 Å². The number of carboxylic acid groups (broad SMARTS) is 1. The number of aliphatic carboxylic acids is 1. The van der Waals surface area contributed by atoms with Gasteiger partial charge in [-0.2, -0.15) is 26.3 Å². The largest absolute Gasteiger partial charge is 0.490 e. The molecule has 1 amide bonds. The Morgan fingerprint density at radius 2 is 1.67 bits per heavy atom. The van der Waals surface area contributed by atoms with Crippen LogP contribution in [0.3, 0.4) is 0 Å². The molecule has 0 aliphatic carbocycles. The van der Waals surface area contributed by atoms with Crippen molar-refractivity contribution in [2.45, 2.75) is 25.4 Å². The van der Waals surface area contributed by atoms with Crippen LogP contribution >= 0.6 is 0 Å². The number of carbonyl (C=O) groups excluding carboxylic acids is 1. The summed E-state index contributed by atoms with van der Waals surface area (Å²) in [6, 6.07) is 0. The predicted molar refractivity (Wildman–Crippen MR) is 63.2 cm³/mol. The lowest BCUT2D eigenvalue weighted by molar-refractivity contribution is -0.192. The maximum absolute atomic E-state index is 12.5. The number of carbonyl (C=O) groups is 2. The molecule has 3 N–H and O–H groups in total. The highest BCUT2D eigenvalue weighted by molar-refractivity contribution is 5.78. The van der Waals surface area contributed by atoms with Gasteiger partial charge in [0.1, 0.15) is 0 Å². The summed E-state index contributed by atoms with van der Waals surface area (Å²) in [4.78, 5) is 21.6. The van der Waals surface area contributed by atoms with Crippen LogP contribution in [0.25, 0.3) is 0 Å². The molecule has 24 heavy (non-hydrogen) atoms. The predicted octanol–water partition coefficient (Wildman–Crippen LogP) is 0.231. The number of aromatic nitrogens is 3. The third-order valence-corrected chi connectivity index (χ3v) is 2.78. The maximum atomic E-state index is 12.5. The second kappa shape index (κ2) is 7.02. The van der Waals surface area contributed by atoms with Crippen LogP contribution in [0.1, 0.15) is 11.6 Å². The summed E-state index contributed by atoms with van der Waals surface area (Å²) in [5.41, 5.74) is 5.18. The van der Waals surface area contributed by atoms with Gasteiger partial charge in [-0.15, -0.1) is 10.2 Å². The summed E-state index contributed by atoms with van der Waals surface area (Å²) < 4.78 is 70.2. The van der Waals surface area contributed by atoms with Crippen molar-refractivity contribution in [3.05, 3.63) is 11.6 Å². The molecule has 0 bridgehead atoms. The number of alkyl halides is 6. The van der Waals surface area contributed by atoms with Crippen LogP contribution in [0, 0.1) is 0 Å². The van der Waals surface area contributed by atoms with Crippen LogP contribution in [0.15, 0.2) is 0 Å². The van der Waals surface area contributed by atoms with E-state index in [1.807, 2.05) is 0 Å². The Morgan fingerprint density at radius 3 is 2.08 bits per heavy atom. The van der Waals surface area contributed by atoms with Crippen molar-refractivity contribution in [2.75, 3.05) is 13.1 Å². The minimum Gasteiger partial charge on any atom is -0.475 e. The Bertz CT molecular complexity index is 611. The fourth-order valence-electron chi connectivity index (χ4n) is 1.71. The van der Waals surface area contributed by atoms with Gasteiger partial charge in [0.2, 0.25) is 11.7 Å². The molecule has 1 aromatic heterocycles. The quantitative estimate of drug-likeness (QED) is 0.691. The molecule has 0 saturated heterocycles. The zero-order valence-electron chi connectivity index (χ0n) is 11.7. The van der Waals surface area contributed by atoms with Crippen LogP contribution in [0.5, 0.6) is 0 Å². The summed E-state index contributed by atoms with van der Waals surface area (Å²) in [6.07, 6.45) is -9.61. The standard InChI is InChI=1S/C8H10F3N5O.C2HF3O2/c9-8(10,11)7-14-13-5-4-15(6(17)3-12)1-2-16(5)7;3-2(4,5)1(6)7/h1-4,12H2;(H,6,7). The van der Waals surface area contributed by atoms with E-state index < -0.39 is 24.1 Å². The lowest BCUT2D eigenvalue weighted by Crippen LogP contribution is -2.42. The first-order chi connectivity index (χ1) is 10.9. The van der Waals surface area contributed by atoms with Crippen LogP contribution in [-0.2, 0) is 28.9 Å². The van der Waals surface area contributed by atoms with Crippen LogP contribution < -0.4 is 5.73 Å². The minimum absolute atomic E-state index is 0.0130. The van der Waals surface area contributed by atoms with Crippen molar-refractivity contribution >= 4 is 11.9 Å². The minimum atomic E-state index is -5.08. The van der Waals surface area contributed by atoms with Crippen molar-refractivity contribution in [1.29, 1.82) is 0 Å². The van der Waals surface area contributed by atoms with E-state index in [9.17, 15) is 31.1 Å². The molecule has 0 fully saturated rings. The number of hydrogen-bond acceptors (Lipinski definition) is 5. The molecule has 1 aromatic rings. The average molecular weight is 363 g/mol. The molecule has 0 unspecified atom stereocenters. The number of rotatable bonds is 1. The van der Waals surface area contributed by atoms with Gasteiger partial charge in [-0.05, 0) is 0 Å². The highest BCUT2D eigenvalue weighted by atomic mass is 19.4. The van der Waals surface area contributed by atoms with E-state index in [2.05, 4.69) is 10.2 Å². The van der Waals surface area contributed by atoms with Gasteiger partial charge in [-0.3, -0.25) is 4.79 Å². The summed E-state index contributed by atoms with van der Waals surface area (Å²) in [6.45, 7) is 0.0620. The molecule has 1 aliphatic heterocycles. The van der Waals surface area contributed by atoms with Gasteiger partial charge in [-0.25, -0.2) is 4.79 Å². The van der Waals surface area contributed by atoms with Gasteiger partial charge in [-0.1, -0.05) is 0 Å². The Balaban J connectivity index is 0.000000351. The van der Waals surface area contributed by atoms with Crippen LogP contribution in [-0.4, -0.2) is 55.9 Å².